The van der Waals surface area contributed by atoms with E-state index in [-0.39, 0.29) is 33.5 Å². The average molecular weight is 558 g/mol. The van der Waals surface area contributed by atoms with Crippen LogP contribution in [0.4, 0.5) is 28.4 Å². The molecule has 37 heavy (non-hydrogen) atoms. The quantitative estimate of drug-likeness (QED) is 0.176. The lowest BCUT2D eigenvalue weighted by Crippen LogP contribution is -2.30. The number of anilines is 2. The second kappa shape index (κ2) is 11.7. The Morgan fingerprint density at radius 3 is 2.32 bits per heavy atom. The number of ether oxygens (including phenoxy) is 1. The molecule has 14 heteroatoms. The Morgan fingerprint density at radius 2 is 1.76 bits per heavy atom. The molecule has 198 valence electrons. The van der Waals surface area contributed by atoms with Crippen LogP contribution in [0.3, 0.4) is 0 Å². The number of thiophene rings is 1. The summed E-state index contributed by atoms with van der Waals surface area (Å²) in [6, 6.07) is 1.54. The molecule has 0 unspecified atom stereocenters. The Morgan fingerprint density at radius 1 is 1.14 bits per heavy atom. The molecular weight excluding hydrogens is 534 g/mol. The molecule has 0 saturated heterocycles. The zero-order valence-corrected chi connectivity index (χ0v) is 21.9. The van der Waals surface area contributed by atoms with Crippen molar-refractivity contribution in [3.63, 3.8) is 0 Å². The lowest BCUT2D eigenvalue weighted by molar-refractivity contribution is 0.0601. The van der Waals surface area contributed by atoms with Gasteiger partial charge in [0.15, 0.2) is 34.2 Å². The first-order valence-electron chi connectivity index (χ1n) is 11.0. The summed E-state index contributed by atoms with van der Waals surface area (Å²) in [5.74, 6) is -6.82. The van der Waals surface area contributed by atoms with Gasteiger partial charge in [-0.2, -0.15) is 5.10 Å². The van der Waals surface area contributed by atoms with Crippen molar-refractivity contribution in [2.45, 2.75) is 27.3 Å². The molecule has 3 rings (SSSR count). The van der Waals surface area contributed by atoms with Crippen LogP contribution in [-0.2, 0) is 11.3 Å². The van der Waals surface area contributed by atoms with E-state index in [2.05, 4.69) is 15.7 Å². The lowest BCUT2D eigenvalue weighted by Gasteiger charge is -2.17. The van der Waals surface area contributed by atoms with Gasteiger partial charge >= 0.3 is 5.97 Å². The number of methoxy groups -OCH3 is 1. The highest BCUT2D eigenvalue weighted by Crippen LogP contribution is 2.34. The Bertz CT molecular complexity index is 1330. The molecule has 0 radical (unpaired) electrons. The SMILES string of the molecule is CCN(CC)C(=O)c1sc(NC(=S)Nc2ccn(Cc3c(F)c(F)cc(F)c3F)n2)c(C(=O)OC)c1C. The Kier molecular flexibility index (Phi) is 8.86. The maximum atomic E-state index is 14.0. The van der Waals surface area contributed by atoms with E-state index in [9.17, 15) is 27.2 Å². The molecule has 2 aromatic heterocycles. The molecule has 0 aliphatic carbocycles. The van der Waals surface area contributed by atoms with Crippen LogP contribution in [0, 0.1) is 30.2 Å². The highest BCUT2D eigenvalue weighted by atomic mass is 32.1. The minimum atomic E-state index is -1.52. The standard InChI is InChI=1S/C23H23F4N5O3S2/c1-5-31(6-2)21(33)19-11(3)16(22(34)35-4)20(37-19)29-23(36)28-15-7-8-32(30-15)10-12-17(26)13(24)9-14(25)18(12)27/h7-9H,5-6,10H2,1-4H3,(H2,28,29,30,36). The molecule has 0 fully saturated rings. The van der Waals surface area contributed by atoms with E-state index in [0.717, 1.165) is 16.0 Å². The summed E-state index contributed by atoms with van der Waals surface area (Å²) in [7, 11) is 1.22. The van der Waals surface area contributed by atoms with Gasteiger partial charge in [0.05, 0.1) is 29.7 Å². The van der Waals surface area contributed by atoms with Crippen LogP contribution in [0.25, 0.3) is 0 Å². The van der Waals surface area contributed by atoms with E-state index in [1.165, 1.54) is 19.4 Å². The fourth-order valence-corrected chi connectivity index (χ4v) is 4.94. The number of nitrogens with zero attached hydrogens (tertiary/aromatic N) is 3. The molecule has 0 atom stereocenters. The highest BCUT2D eigenvalue weighted by molar-refractivity contribution is 7.80. The van der Waals surface area contributed by atoms with Gasteiger partial charge in [0.25, 0.3) is 5.91 Å². The molecule has 0 saturated carbocycles. The summed E-state index contributed by atoms with van der Waals surface area (Å²) >= 11 is 6.34. The monoisotopic (exact) mass is 557 g/mol. The molecule has 1 amide bonds. The zero-order valence-electron chi connectivity index (χ0n) is 20.2. The molecule has 0 aliphatic rings. The predicted molar refractivity (Wildman–Crippen MR) is 135 cm³/mol. The van der Waals surface area contributed by atoms with Crippen molar-refractivity contribution >= 4 is 51.4 Å². The normalized spacial score (nSPS) is 10.8. The maximum absolute atomic E-state index is 14.0. The summed E-state index contributed by atoms with van der Waals surface area (Å²) < 4.78 is 60.8. The predicted octanol–water partition coefficient (Wildman–Crippen LogP) is 4.94. The number of carbonyl (C=O) groups is 2. The van der Waals surface area contributed by atoms with Crippen LogP contribution in [0.5, 0.6) is 0 Å². The van der Waals surface area contributed by atoms with Crippen molar-refractivity contribution in [3.05, 3.63) is 63.2 Å². The highest BCUT2D eigenvalue weighted by Gasteiger charge is 2.27. The van der Waals surface area contributed by atoms with Crippen LogP contribution in [0.2, 0.25) is 0 Å². The molecule has 1 aromatic carbocycles. The Hall–Kier alpha value is -3.52. The average Bonchev–Trinajstić information content (AvgIpc) is 3.43. The number of aromatic nitrogens is 2. The van der Waals surface area contributed by atoms with E-state index in [1.54, 1.807) is 11.8 Å². The van der Waals surface area contributed by atoms with Crippen molar-refractivity contribution in [2.24, 2.45) is 0 Å². The number of thiocarbonyl (C=S) groups is 1. The summed E-state index contributed by atoms with van der Waals surface area (Å²) in [6.07, 6.45) is 1.32. The van der Waals surface area contributed by atoms with Crippen molar-refractivity contribution in [3.8, 4) is 0 Å². The first-order valence-corrected chi connectivity index (χ1v) is 12.2. The van der Waals surface area contributed by atoms with Crippen LogP contribution in [-0.4, -0.2) is 51.9 Å². The Balaban J connectivity index is 1.80. The molecule has 2 heterocycles. The third-order valence-electron chi connectivity index (χ3n) is 5.41. The smallest absolute Gasteiger partial charge is 0.341 e. The van der Waals surface area contributed by atoms with Gasteiger partial charge in [-0.1, -0.05) is 0 Å². The van der Waals surface area contributed by atoms with Crippen molar-refractivity contribution in [1.82, 2.24) is 14.7 Å². The van der Waals surface area contributed by atoms with Gasteiger partial charge in [-0.15, -0.1) is 11.3 Å². The number of amides is 1. The van der Waals surface area contributed by atoms with Crippen molar-refractivity contribution in [1.29, 1.82) is 0 Å². The summed E-state index contributed by atoms with van der Waals surface area (Å²) in [5.41, 5.74) is -0.235. The first-order chi connectivity index (χ1) is 17.5. The Labute approximate surface area is 219 Å². The summed E-state index contributed by atoms with van der Waals surface area (Å²) in [4.78, 5) is 27.3. The van der Waals surface area contributed by atoms with Gasteiger partial charge in [0.1, 0.15) is 5.00 Å². The molecule has 2 N–H and O–H groups in total. The third kappa shape index (κ3) is 5.91. The number of nitrogens with one attached hydrogen (secondary N) is 2. The fourth-order valence-electron chi connectivity index (χ4n) is 3.50. The van der Waals surface area contributed by atoms with Gasteiger partial charge in [-0.05, 0) is 38.6 Å². The number of esters is 1. The second-order valence-corrected chi connectivity index (χ2v) is 9.08. The molecule has 0 bridgehead atoms. The molecule has 8 nitrogen and oxygen atoms in total. The van der Waals surface area contributed by atoms with Crippen molar-refractivity contribution < 1.29 is 31.9 Å². The molecular formula is C23H23F4N5O3S2. The summed E-state index contributed by atoms with van der Waals surface area (Å²) in [5, 5.41) is 9.92. The van der Waals surface area contributed by atoms with Crippen LogP contribution >= 0.6 is 23.6 Å². The van der Waals surface area contributed by atoms with E-state index < -0.39 is 41.3 Å². The first kappa shape index (κ1) is 28.1. The van der Waals surface area contributed by atoms with Gasteiger partial charge in [-0.3, -0.25) is 9.48 Å². The number of rotatable bonds is 8. The molecule has 0 spiro atoms. The number of benzene rings is 1. The zero-order chi connectivity index (χ0) is 27.4. The topological polar surface area (TPSA) is 88.5 Å². The van der Waals surface area contributed by atoms with Gasteiger partial charge in [0, 0.05) is 31.4 Å². The maximum Gasteiger partial charge on any atom is 0.341 e. The van der Waals surface area contributed by atoms with Gasteiger partial charge in [0.2, 0.25) is 0 Å². The largest absolute Gasteiger partial charge is 0.465 e. The fraction of sp³-hybridized carbons (Fsp3) is 0.304. The van der Waals surface area contributed by atoms with Gasteiger partial charge in [-0.25, -0.2) is 22.4 Å². The number of hydrogen-bond donors (Lipinski definition) is 2. The van der Waals surface area contributed by atoms with E-state index in [0.29, 0.717) is 23.5 Å². The van der Waals surface area contributed by atoms with E-state index >= 15 is 0 Å². The lowest BCUT2D eigenvalue weighted by atomic mass is 10.1. The third-order valence-corrected chi connectivity index (χ3v) is 6.81. The van der Waals surface area contributed by atoms with Crippen molar-refractivity contribution in [2.75, 3.05) is 30.8 Å². The minimum absolute atomic E-state index is 0.00680. The van der Waals surface area contributed by atoms with Gasteiger partial charge < -0.3 is 20.3 Å². The molecule has 3 aromatic rings. The number of hydrogen-bond acceptors (Lipinski definition) is 6. The molecule has 0 aliphatic heterocycles. The van der Waals surface area contributed by atoms with Crippen LogP contribution in [0.15, 0.2) is 18.3 Å². The minimum Gasteiger partial charge on any atom is -0.465 e. The number of halogens is 4. The van der Waals surface area contributed by atoms with E-state index in [4.69, 9.17) is 17.0 Å². The van der Waals surface area contributed by atoms with E-state index in [1.807, 2.05) is 13.8 Å². The number of carbonyl (C=O) groups excluding carboxylic acids is 2. The van der Waals surface area contributed by atoms with Crippen LogP contribution in [0.1, 0.15) is 45.0 Å². The summed E-state index contributed by atoms with van der Waals surface area (Å²) in [6.45, 7) is 5.72. The van der Waals surface area contributed by atoms with Crippen LogP contribution < -0.4 is 10.6 Å². The second-order valence-electron chi connectivity index (χ2n) is 7.65.